The van der Waals surface area contributed by atoms with Crippen molar-refractivity contribution in [1.29, 1.82) is 0 Å². The van der Waals surface area contributed by atoms with E-state index in [1.165, 1.54) is 7.11 Å². The Morgan fingerprint density at radius 3 is 2.57 bits per heavy atom. The minimum absolute atomic E-state index is 0.0258. The highest BCUT2D eigenvalue weighted by Crippen LogP contribution is 2.54. The largest absolute Gasteiger partial charge is 0.493 e. The molecule has 5 nitrogen and oxygen atoms in total. The first-order valence-corrected chi connectivity index (χ1v) is 9.31. The van der Waals surface area contributed by atoms with Crippen LogP contribution in [0.2, 0.25) is 0 Å². The first kappa shape index (κ1) is 21.2. The highest BCUT2D eigenvalue weighted by molar-refractivity contribution is 5.51. The van der Waals surface area contributed by atoms with Gasteiger partial charge in [-0.1, -0.05) is 13.8 Å². The molecular formula is C20H27F3O5. The molecule has 158 valence electrons. The summed E-state index contributed by atoms with van der Waals surface area (Å²) in [7, 11) is 1.47. The van der Waals surface area contributed by atoms with Crippen molar-refractivity contribution in [3.05, 3.63) is 23.3 Å². The lowest BCUT2D eigenvalue weighted by Gasteiger charge is -2.55. The quantitative estimate of drug-likeness (QED) is 0.751. The average molecular weight is 404 g/mol. The number of methoxy groups -OCH3 is 1. The third kappa shape index (κ3) is 3.69. The van der Waals surface area contributed by atoms with Gasteiger partial charge in [0.25, 0.3) is 6.29 Å². The monoisotopic (exact) mass is 404 g/mol. The van der Waals surface area contributed by atoms with Gasteiger partial charge in [-0.3, -0.25) is 0 Å². The van der Waals surface area contributed by atoms with Gasteiger partial charge in [0, 0.05) is 5.92 Å². The number of hydrogen-bond acceptors (Lipinski definition) is 5. The molecule has 1 heterocycles. The second-order valence-corrected chi connectivity index (χ2v) is 8.54. The Balaban J connectivity index is 1.91. The lowest BCUT2D eigenvalue weighted by atomic mass is 9.57. The maximum absolute atomic E-state index is 12.5. The predicted molar refractivity (Wildman–Crippen MR) is 95.1 cm³/mol. The fraction of sp³-hybridized carbons (Fsp3) is 0.700. The number of hydrogen-bond donors (Lipinski definition) is 2. The molecule has 0 bridgehead atoms. The van der Waals surface area contributed by atoms with E-state index in [0.29, 0.717) is 36.3 Å². The van der Waals surface area contributed by atoms with E-state index in [1.54, 1.807) is 12.1 Å². The fourth-order valence-electron chi connectivity index (χ4n) is 4.54. The topological polar surface area (TPSA) is 68.2 Å². The summed E-state index contributed by atoms with van der Waals surface area (Å²) in [5.41, 5.74) is 0.397. The van der Waals surface area contributed by atoms with Crippen LogP contribution in [0.4, 0.5) is 13.2 Å². The Morgan fingerprint density at radius 2 is 1.96 bits per heavy atom. The van der Waals surface area contributed by atoms with Gasteiger partial charge in [0.2, 0.25) is 0 Å². The van der Waals surface area contributed by atoms with Crippen LogP contribution < -0.4 is 9.47 Å². The van der Waals surface area contributed by atoms with Gasteiger partial charge >= 0.3 is 6.18 Å². The van der Waals surface area contributed by atoms with E-state index < -0.39 is 30.8 Å². The standard InChI is InChI=1S/C20H27F3O5/c1-18(2)14-9-12-7-11(10-27-17(25)20(21,22)23)8-13(26-4)16(12)28-19(14,3)6-5-15(18)24/h7-8,14-15,17,24-25H,5-6,9-10H2,1-4H3/t14-,15-,17?,19-/m1/s1. The molecule has 0 aromatic heterocycles. The summed E-state index contributed by atoms with van der Waals surface area (Å²) in [5, 5.41) is 19.5. The molecule has 0 spiro atoms. The number of ether oxygens (including phenoxy) is 3. The van der Waals surface area contributed by atoms with Gasteiger partial charge in [0.05, 0.1) is 19.8 Å². The highest BCUT2D eigenvalue weighted by Gasteiger charge is 2.54. The van der Waals surface area contributed by atoms with Gasteiger partial charge in [0.1, 0.15) is 5.60 Å². The van der Waals surface area contributed by atoms with Crippen molar-refractivity contribution in [2.75, 3.05) is 7.11 Å². The van der Waals surface area contributed by atoms with Crippen molar-refractivity contribution in [1.82, 2.24) is 0 Å². The van der Waals surface area contributed by atoms with Crippen LogP contribution >= 0.6 is 0 Å². The first-order chi connectivity index (χ1) is 12.9. The van der Waals surface area contributed by atoms with Crippen molar-refractivity contribution in [3.8, 4) is 11.5 Å². The number of rotatable bonds is 4. The molecule has 8 heteroatoms. The fourth-order valence-corrected chi connectivity index (χ4v) is 4.54. The molecule has 1 aliphatic heterocycles. The minimum Gasteiger partial charge on any atom is -0.493 e. The number of fused-ring (bicyclic) bond motifs is 2. The zero-order chi connectivity index (χ0) is 20.9. The van der Waals surface area contributed by atoms with E-state index in [-0.39, 0.29) is 11.3 Å². The van der Waals surface area contributed by atoms with E-state index in [1.807, 2.05) is 20.8 Å². The summed E-state index contributed by atoms with van der Waals surface area (Å²) >= 11 is 0. The average Bonchev–Trinajstić information content (AvgIpc) is 2.61. The SMILES string of the molecule is COc1cc(COC(O)C(F)(F)F)cc2c1O[C@]1(C)CC[C@@H](O)C(C)(C)[C@H]1C2. The molecule has 0 radical (unpaired) electrons. The highest BCUT2D eigenvalue weighted by atomic mass is 19.4. The van der Waals surface area contributed by atoms with E-state index >= 15 is 0 Å². The molecule has 1 aliphatic carbocycles. The molecule has 1 unspecified atom stereocenters. The van der Waals surface area contributed by atoms with Crippen LogP contribution in [0.1, 0.15) is 44.7 Å². The van der Waals surface area contributed by atoms with E-state index in [0.717, 1.165) is 5.56 Å². The molecule has 1 aromatic rings. The molecule has 2 N–H and O–H groups in total. The Labute approximate surface area is 162 Å². The summed E-state index contributed by atoms with van der Waals surface area (Å²) in [5.74, 6) is 1.02. The van der Waals surface area contributed by atoms with E-state index in [9.17, 15) is 18.3 Å². The van der Waals surface area contributed by atoms with Gasteiger partial charge < -0.3 is 24.4 Å². The third-order valence-corrected chi connectivity index (χ3v) is 6.27. The van der Waals surface area contributed by atoms with Crippen LogP contribution in [-0.4, -0.2) is 41.5 Å². The van der Waals surface area contributed by atoms with Crippen molar-refractivity contribution >= 4 is 0 Å². The molecule has 0 amide bonds. The molecule has 0 saturated heterocycles. The predicted octanol–water partition coefficient (Wildman–Crippen LogP) is 3.58. The van der Waals surface area contributed by atoms with Crippen LogP contribution in [0.5, 0.6) is 11.5 Å². The second kappa shape index (κ2) is 7.07. The lowest BCUT2D eigenvalue weighted by molar-refractivity contribution is -0.297. The van der Waals surface area contributed by atoms with Crippen molar-refractivity contribution in [2.24, 2.45) is 11.3 Å². The van der Waals surface area contributed by atoms with E-state index in [4.69, 9.17) is 14.6 Å². The van der Waals surface area contributed by atoms with Crippen LogP contribution in [0, 0.1) is 11.3 Å². The number of halogens is 3. The molecule has 28 heavy (non-hydrogen) atoms. The van der Waals surface area contributed by atoms with Crippen molar-refractivity contribution in [2.45, 2.75) is 70.8 Å². The Morgan fingerprint density at radius 1 is 1.29 bits per heavy atom. The summed E-state index contributed by atoms with van der Waals surface area (Å²) < 4.78 is 53.8. The Bertz CT molecular complexity index is 733. The van der Waals surface area contributed by atoms with Crippen molar-refractivity contribution in [3.63, 3.8) is 0 Å². The number of aliphatic hydroxyl groups is 2. The summed E-state index contributed by atoms with van der Waals surface area (Å²) in [6.45, 7) is 5.64. The summed E-state index contributed by atoms with van der Waals surface area (Å²) in [6, 6.07) is 3.28. The van der Waals surface area contributed by atoms with Gasteiger partial charge in [-0.15, -0.1) is 0 Å². The molecule has 4 atom stereocenters. The van der Waals surface area contributed by atoms with Crippen LogP contribution in [0.25, 0.3) is 0 Å². The zero-order valence-corrected chi connectivity index (χ0v) is 16.5. The molecule has 1 fully saturated rings. The van der Waals surface area contributed by atoms with Crippen molar-refractivity contribution < 1.29 is 37.6 Å². The number of aliphatic hydroxyl groups excluding tert-OH is 2. The maximum atomic E-state index is 12.5. The molecule has 1 aromatic carbocycles. The van der Waals surface area contributed by atoms with Crippen LogP contribution in [-0.2, 0) is 17.8 Å². The normalized spacial score (nSPS) is 30.0. The van der Waals surface area contributed by atoms with Gasteiger partial charge in [-0.05, 0) is 54.9 Å². The third-order valence-electron chi connectivity index (χ3n) is 6.27. The lowest BCUT2D eigenvalue weighted by Crippen LogP contribution is -2.58. The molecule has 1 saturated carbocycles. The number of benzene rings is 1. The summed E-state index contributed by atoms with van der Waals surface area (Å²) in [4.78, 5) is 0. The Hall–Kier alpha value is -1.51. The smallest absolute Gasteiger partial charge is 0.439 e. The maximum Gasteiger partial charge on any atom is 0.439 e. The molecule has 3 rings (SSSR count). The second-order valence-electron chi connectivity index (χ2n) is 8.54. The molecular weight excluding hydrogens is 377 g/mol. The minimum atomic E-state index is -4.84. The zero-order valence-electron chi connectivity index (χ0n) is 16.5. The van der Waals surface area contributed by atoms with Gasteiger partial charge in [0.15, 0.2) is 11.5 Å². The van der Waals surface area contributed by atoms with Gasteiger partial charge in [-0.2, -0.15) is 13.2 Å². The number of alkyl halides is 3. The van der Waals surface area contributed by atoms with Crippen LogP contribution in [0.15, 0.2) is 12.1 Å². The summed E-state index contributed by atoms with van der Waals surface area (Å²) in [6.07, 6.45) is -6.20. The Kier molecular flexibility index (Phi) is 5.36. The first-order valence-electron chi connectivity index (χ1n) is 9.31. The van der Waals surface area contributed by atoms with E-state index in [2.05, 4.69) is 4.74 Å². The van der Waals surface area contributed by atoms with Crippen LogP contribution in [0.3, 0.4) is 0 Å². The van der Waals surface area contributed by atoms with Gasteiger partial charge in [-0.25, -0.2) is 0 Å². The molecule has 2 aliphatic rings.